The first-order chi connectivity index (χ1) is 36.5. The van der Waals surface area contributed by atoms with Crippen molar-refractivity contribution >= 4 is 34.4 Å². The average molecular weight is 1010 g/mol. The molecule has 6 aliphatic rings. The molecule has 6 saturated heterocycles. The molecule has 0 spiro atoms. The van der Waals surface area contributed by atoms with Gasteiger partial charge in [0, 0.05) is 105 Å². The molecule has 75 heavy (non-hydrogen) atoms. The van der Waals surface area contributed by atoms with E-state index in [9.17, 15) is 13.9 Å². The van der Waals surface area contributed by atoms with E-state index >= 15 is 0 Å². The van der Waals surface area contributed by atoms with Crippen molar-refractivity contribution in [3.63, 3.8) is 0 Å². The Hall–Kier alpha value is -7.84. The smallest absolute Gasteiger partial charge is 0.273 e. The van der Waals surface area contributed by atoms with Gasteiger partial charge in [-0.25, -0.2) is 18.7 Å². The van der Waals surface area contributed by atoms with E-state index in [1.54, 1.807) is 23.2 Å². The molecule has 19 heteroatoms. The summed E-state index contributed by atoms with van der Waals surface area (Å²) in [5.41, 5.74) is 20.7. The number of aromatic hydroxyl groups is 1. The molecule has 6 aromatic rings. The third kappa shape index (κ3) is 9.86. The number of piperazine rings is 2. The SMILES string of the molecule is CCOC1CN(C(C#Cc2cc(N3C4CCC3CN(c3cc(-c5ccccc5O)nnc3N)C4)ccn2)Oc2ccccc2-c2cc(N3CC4CCC(C3)N4c3ccnc(C#CCN4CC(F)(F)C4)c3)c(N)nn2)C1. The fourth-order valence-electron chi connectivity index (χ4n) is 11.8. The number of hydrogen-bond acceptors (Lipinski definition) is 17. The van der Waals surface area contributed by atoms with Crippen molar-refractivity contribution in [3.8, 4) is 57.7 Å². The van der Waals surface area contributed by atoms with Crippen LogP contribution in [0.3, 0.4) is 0 Å². The number of hydrogen-bond donors (Lipinski definition) is 3. The average Bonchev–Trinajstić information content (AvgIpc) is 3.82. The Morgan fingerprint density at radius 2 is 1.21 bits per heavy atom. The Labute approximate surface area is 434 Å². The van der Waals surface area contributed by atoms with Crippen LogP contribution in [0, 0.1) is 23.7 Å². The third-order valence-electron chi connectivity index (χ3n) is 15.3. The minimum absolute atomic E-state index is 0.0835. The summed E-state index contributed by atoms with van der Waals surface area (Å²) in [6, 6.07) is 27.9. The van der Waals surface area contributed by atoms with Gasteiger partial charge in [-0.1, -0.05) is 30.2 Å². The lowest BCUT2D eigenvalue weighted by Gasteiger charge is -2.43. The summed E-state index contributed by atoms with van der Waals surface area (Å²) in [6.45, 7) is 6.72. The summed E-state index contributed by atoms with van der Waals surface area (Å²) in [6.07, 6.45) is 7.15. The Morgan fingerprint density at radius 1 is 0.680 bits per heavy atom. The van der Waals surface area contributed by atoms with Crippen molar-refractivity contribution in [2.75, 3.05) is 96.6 Å². The molecule has 0 amide bonds. The zero-order chi connectivity index (χ0) is 51.2. The minimum Gasteiger partial charge on any atom is -0.507 e. The zero-order valence-electron chi connectivity index (χ0n) is 41.6. The lowest BCUT2D eigenvalue weighted by atomic mass is 10.1. The predicted molar refractivity (Wildman–Crippen MR) is 283 cm³/mol. The Kier molecular flexibility index (Phi) is 12.9. The van der Waals surface area contributed by atoms with E-state index in [1.807, 2.05) is 73.8 Å². The van der Waals surface area contributed by atoms with Crippen LogP contribution in [-0.4, -0.2) is 153 Å². The van der Waals surface area contributed by atoms with Gasteiger partial charge >= 0.3 is 0 Å². The number of alkyl halides is 2. The van der Waals surface area contributed by atoms with E-state index in [0.29, 0.717) is 72.0 Å². The molecule has 0 saturated carbocycles. The van der Waals surface area contributed by atoms with E-state index in [-0.39, 0.29) is 49.1 Å². The molecule has 6 aliphatic heterocycles. The molecule has 6 fully saturated rings. The molecule has 0 radical (unpaired) electrons. The maximum absolute atomic E-state index is 13.3. The van der Waals surface area contributed by atoms with E-state index < -0.39 is 12.2 Å². The van der Waals surface area contributed by atoms with Gasteiger partial charge < -0.3 is 45.6 Å². The second kappa shape index (κ2) is 20.1. The van der Waals surface area contributed by atoms with Crippen molar-refractivity contribution in [2.45, 2.75) is 75.0 Å². The molecule has 5 atom stereocenters. The zero-order valence-corrected chi connectivity index (χ0v) is 41.6. The molecule has 4 aromatic heterocycles. The first-order valence-corrected chi connectivity index (χ1v) is 25.8. The molecule has 12 rings (SSSR count). The summed E-state index contributed by atoms with van der Waals surface area (Å²) in [7, 11) is 0. The van der Waals surface area contributed by atoms with Crippen LogP contribution in [0.4, 0.5) is 43.2 Å². The van der Waals surface area contributed by atoms with Gasteiger partial charge in [-0.2, -0.15) is 0 Å². The second-order valence-electron chi connectivity index (χ2n) is 20.3. The highest BCUT2D eigenvalue weighted by atomic mass is 19.3. The van der Waals surface area contributed by atoms with Crippen LogP contribution in [0.1, 0.15) is 44.0 Å². The first kappa shape index (κ1) is 48.1. The number of benzene rings is 2. The van der Waals surface area contributed by atoms with E-state index in [0.717, 1.165) is 80.2 Å². The van der Waals surface area contributed by atoms with E-state index in [1.165, 1.54) is 0 Å². The fraction of sp³-hybridized carbons (Fsp3) is 0.393. The number of ether oxygens (including phenoxy) is 2. The Bertz CT molecular complexity index is 3190. The number of nitrogens with two attached hydrogens (primary N) is 2. The maximum atomic E-state index is 13.3. The highest BCUT2D eigenvalue weighted by Crippen LogP contribution is 2.42. The van der Waals surface area contributed by atoms with Crippen LogP contribution in [0.25, 0.3) is 22.5 Å². The summed E-state index contributed by atoms with van der Waals surface area (Å²) in [5.74, 6) is 11.8. The Morgan fingerprint density at radius 3 is 1.77 bits per heavy atom. The van der Waals surface area contributed by atoms with Crippen LogP contribution in [-0.2, 0) is 4.74 Å². The number of halogens is 2. The van der Waals surface area contributed by atoms with Gasteiger partial charge in [0.1, 0.15) is 22.9 Å². The lowest BCUT2D eigenvalue weighted by molar-refractivity contribution is -0.125. The number of phenols is 1. The topological polar surface area (TPSA) is 188 Å². The minimum atomic E-state index is -2.61. The quantitative estimate of drug-likeness (QED) is 0.126. The Balaban J connectivity index is 0.750. The molecule has 4 bridgehead atoms. The molecular weight excluding hydrogens is 955 g/mol. The lowest BCUT2D eigenvalue weighted by Crippen LogP contribution is -2.57. The number of likely N-dealkylation sites (tertiary alicyclic amines) is 2. The van der Waals surface area contributed by atoms with Crippen molar-refractivity contribution in [1.29, 1.82) is 0 Å². The molecule has 10 heterocycles. The van der Waals surface area contributed by atoms with Crippen molar-refractivity contribution < 1.29 is 23.4 Å². The standard InChI is InChI=1S/C56H58F2N14O3/c1-2-74-44-32-70(33-44)53(18-13-37-25-39(20-22-62-37)72-42-16-17-43(72)29-68(28-42)49-26-47(63-65-54(49)59)45-9-3-5-11-51(45)73)75-52-12-6-4-10-46(52)48-27-50(55(60)66-64-48)69-30-40-14-15-41(31-69)71(40)38-19-21-61-36(24-38)8-7-23-67-34-56(57,58)35-67/h3-6,9-12,19-22,24-27,40-44,53,73H,2,14-17,23,28-35H2,1H3,(H2,59,65)(H2,60,66). The van der Waals surface area contributed by atoms with Crippen LogP contribution >= 0.6 is 0 Å². The number of phenolic OH excluding ortho intramolecular Hbond substituents is 1. The molecule has 5 unspecified atom stereocenters. The van der Waals surface area contributed by atoms with Crippen LogP contribution in [0.15, 0.2) is 97.3 Å². The van der Waals surface area contributed by atoms with Gasteiger partial charge in [0.25, 0.3) is 5.92 Å². The highest BCUT2D eigenvalue weighted by Gasteiger charge is 2.44. The van der Waals surface area contributed by atoms with E-state index in [4.69, 9.17) is 25.9 Å². The van der Waals surface area contributed by atoms with Crippen molar-refractivity contribution in [3.05, 3.63) is 109 Å². The number of para-hydroxylation sites is 2. The normalized spacial score (nSPS) is 22.4. The molecule has 384 valence electrons. The molecule has 5 N–H and O–H groups in total. The van der Waals surface area contributed by atoms with Gasteiger partial charge in [0.2, 0.25) is 6.23 Å². The number of fused-ring (bicyclic) bond motifs is 4. The van der Waals surface area contributed by atoms with Gasteiger partial charge in [0.15, 0.2) is 11.6 Å². The van der Waals surface area contributed by atoms with Crippen LogP contribution in [0.2, 0.25) is 0 Å². The number of anilines is 6. The third-order valence-corrected chi connectivity index (χ3v) is 15.3. The van der Waals surface area contributed by atoms with E-state index in [2.05, 4.69) is 85.7 Å². The summed E-state index contributed by atoms with van der Waals surface area (Å²) in [4.78, 5) is 22.6. The number of nitrogen functional groups attached to an aromatic ring is 2. The van der Waals surface area contributed by atoms with Gasteiger partial charge in [-0.05, 0) is 111 Å². The maximum Gasteiger partial charge on any atom is 0.273 e. The summed E-state index contributed by atoms with van der Waals surface area (Å²) < 4.78 is 39.5. The summed E-state index contributed by atoms with van der Waals surface area (Å²) >= 11 is 0. The number of aromatic nitrogens is 6. The largest absolute Gasteiger partial charge is 0.507 e. The first-order valence-electron chi connectivity index (χ1n) is 25.8. The highest BCUT2D eigenvalue weighted by molar-refractivity contribution is 5.76. The fourth-order valence-corrected chi connectivity index (χ4v) is 11.8. The van der Waals surface area contributed by atoms with Crippen molar-refractivity contribution in [1.82, 2.24) is 40.2 Å². The summed E-state index contributed by atoms with van der Waals surface area (Å²) in [5, 5.41) is 28.3. The van der Waals surface area contributed by atoms with Gasteiger partial charge in [-0.3, -0.25) is 9.80 Å². The van der Waals surface area contributed by atoms with Crippen molar-refractivity contribution in [2.24, 2.45) is 0 Å². The number of rotatable bonds is 12. The van der Waals surface area contributed by atoms with Crippen LogP contribution < -0.4 is 35.8 Å². The van der Waals surface area contributed by atoms with Gasteiger partial charge in [0.05, 0.1) is 48.5 Å². The number of pyridine rings is 2. The van der Waals surface area contributed by atoms with Crippen LogP contribution in [0.5, 0.6) is 11.5 Å². The predicted octanol–water partition coefficient (Wildman–Crippen LogP) is 5.76. The monoisotopic (exact) mass is 1010 g/mol. The molecular formula is C56H58F2N14O3. The number of nitrogens with zero attached hydrogens (tertiary/aromatic N) is 12. The molecule has 0 aliphatic carbocycles. The molecule has 2 aromatic carbocycles. The second-order valence-corrected chi connectivity index (χ2v) is 20.3. The van der Waals surface area contributed by atoms with Gasteiger partial charge in [-0.15, -0.1) is 20.4 Å². The molecule has 17 nitrogen and oxygen atoms in total.